The Morgan fingerprint density at radius 2 is 2.13 bits per heavy atom. The first-order valence-corrected chi connectivity index (χ1v) is 8.64. The molecule has 1 aliphatic rings. The molecule has 0 bridgehead atoms. The third kappa shape index (κ3) is 2.60. The minimum atomic E-state index is 0.129. The summed E-state index contributed by atoms with van der Waals surface area (Å²) < 4.78 is 7.97. The third-order valence-electron chi connectivity index (χ3n) is 4.36. The van der Waals surface area contributed by atoms with E-state index < -0.39 is 0 Å². The molecule has 6 nitrogen and oxygen atoms in total. The molecule has 0 N–H and O–H groups in total. The van der Waals surface area contributed by atoms with Crippen LogP contribution in [0, 0.1) is 13.8 Å². The van der Waals surface area contributed by atoms with Crippen molar-refractivity contribution < 1.29 is 4.42 Å². The molecular weight excluding hydrogens is 310 g/mol. The number of likely N-dealkylation sites (tertiary alicyclic amines) is 1. The van der Waals surface area contributed by atoms with Gasteiger partial charge in [-0.3, -0.25) is 9.58 Å². The summed E-state index contributed by atoms with van der Waals surface area (Å²) in [6.07, 6.45) is 0. The summed E-state index contributed by atoms with van der Waals surface area (Å²) in [5, 5.41) is 15.0. The van der Waals surface area contributed by atoms with Gasteiger partial charge in [0.2, 0.25) is 5.89 Å². The second-order valence-electron chi connectivity index (χ2n) is 6.08. The molecule has 1 aliphatic heterocycles. The van der Waals surface area contributed by atoms with E-state index in [-0.39, 0.29) is 6.04 Å². The Kier molecular flexibility index (Phi) is 3.54. The van der Waals surface area contributed by atoms with E-state index in [0.29, 0.717) is 17.8 Å². The molecule has 4 heterocycles. The van der Waals surface area contributed by atoms with E-state index in [1.54, 1.807) is 11.3 Å². The Morgan fingerprint density at radius 1 is 1.30 bits per heavy atom. The Bertz CT molecular complexity index is 800. The van der Waals surface area contributed by atoms with E-state index >= 15 is 0 Å². The predicted molar refractivity (Wildman–Crippen MR) is 88.3 cm³/mol. The summed E-state index contributed by atoms with van der Waals surface area (Å²) in [7, 11) is 0. The predicted octanol–water partition coefficient (Wildman–Crippen LogP) is 3.23. The molecule has 0 amide bonds. The molecule has 0 radical (unpaired) electrons. The van der Waals surface area contributed by atoms with Crippen molar-refractivity contribution in [2.24, 2.45) is 0 Å². The number of rotatable bonds is 4. The molecule has 120 valence electrons. The molecule has 3 aromatic heterocycles. The first-order chi connectivity index (χ1) is 11.1. The van der Waals surface area contributed by atoms with Crippen LogP contribution in [-0.2, 0) is 0 Å². The summed E-state index contributed by atoms with van der Waals surface area (Å²) in [6.45, 7) is 8.17. The van der Waals surface area contributed by atoms with Crippen LogP contribution in [0.25, 0.3) is 10.8 Å². The van der Waals surface area contributed by atoms with Gasteiger partial charge in [-0.25, -0.2) is 0 Å². The van der Waals surface area contributed by atoms with E-state index in [1.807, 2.05) is 24.4 Å². The van der Waals surface area contributed by atoms with E-state index in [2.05, 4.69) is 44.8 Å². The molecule has 0 unspecified atom stereocenters. The van der Waals surface area contributed by atoms with Crippen molar-refractivity contribution >= 4 is 11.3 Å². The molecule has 7 heteroatoms. The van der Waals surface area contributed by atoms with Gasteiger partial charge in [-0.15, -0.1) is 21.5 Å². The molecule has 0 saturated carbocycles. The minimum Gasteiger partial charge on any atom is -0.418 e. The third-order valence-corrected chi connectivity index (χ3v) is 5.22. The van der Waals surface area contributed by atoms with Crippen molar-refractivity contribution in [3.63, 3.8) is 0 Å². The lowest BCUT2D eigenvalue weighted by molar-refractivity contribution is 0.0473. The second-order valence-corrected chi connectivity index (χ2v) is 7.03. The molecule has 23 heavy (non-hydrogen) atoms. The summed E-state index contributed by atoms with van der Waals surface area (Å²) in [6, 6.07) is 6.67. The molecule has 4 rings (SSSR count). The van der Waals surface area contributed by atoms with Crippen molar-refractivity contribution in [1.82, 2.24) is 24.9 Å². The summed E-state index contributed by atoms with van der Waals surface area (Å²) in [4.78, 5) is 3.35. The number of hydrogen-bond acceptors (Lipinski definition) is 6. The van der Waals surface area contributed by atoms with Crippen molar-refractivity contribution in [1.29, 1.82) is 0 Å². The second kappa shape index (κ2) is 5.58. The van der Waals surface area contributed by atoms with Gasteiger partial charge in [0, 0.05) is 18.8 Å². The monoisotopic (exact) mass is 329 g/mol. The average Bonchev–Trinajstić information content (AvgIpc) is 3.18. The average molecular weight is 329 g/mol. The number of nitrogens with zero attached hydrogens (tertiary/aromatic N) is 5. The molecule has 1 saturated heterocycles. The molecular formula is C16H19N5OS. The zero-order chi connectivity index (χ0) is 16.0. The van der Waals surface area contributed by atoms with Crippen molar-refractivity contribution in [2.45, 2.75) is 32.9 Å². The highest BCUT2D eigenvalue weighted by Gasteiger charge is 2.35. The van der Waals surface area contributed by atoms with Crippen LogP contribution in [0.15, 0.2) is 28.0 Å². The van der Waals surface area contributed by atoms with Crippen molar-refractivity contribution in [3.8, 4) is 10.8 Å². The fourth-order valence-electron chi connectivity index (χ4n) is 3.03. The Labute approximate surface area is 138 Å². The molecule has 3 aromatic rings. The quantitative estimate of drug-likeness (QED) is 0.735. The smallest absolute Gasteiger partial charge is 0.257 e. The van der Waals surface area contributed by atoms with Crippen LogP contribution >= 0.6 is 11.3 Å². The lowest BCUT2D eigenvalue weighted by atomic mass is 10.1. The van der Waals surface area contributed by atoms with Crippen LogP contribution in [-0.4, -0.2) is 38.0 Å². The fraction of sp³-hybridized carbons (Fsp3) is 0.438. The van der Waals surface area contributed by atoms with Crippen LogP contribution in [0.5, 0.6) is 0 Å². The number of thiophene rings is 1. The fourth-order valence-corrected chi connectivity index (χ4v) is 3.68. The molecule has 1 atom stereocenters. The number of aryl methyl sites for hydroxylation is 2. The van der Waals surface area contributed by atoms with Gasteiger partial charge in [0.05, 0.1) is 22.7 Å². The first-order valence-electron chi connectivity index (χ1n) is 7.76. The van der Waals surface area contributed by atoms with E-state index in [9.17, 15) is 0 Å². The van der Waals surface area contributed by atoms with Crippen LogP contribution in [0.3, 0.4) is 0 Å². The maximum atomic E-state index is 5.84. The zero-order valence-corrected chi connectivity index (χ0v) is 14.2. The maximum Gasteiger partial charge on any atom is 0.257 e. The Balaban J connectivity index is 1.43. The van der Waals surface area contributed by atoms with Crippen LogP contribution in [0.4, 0.5) is 0 Å². The van der Waals surface area contributed by atoms with Gasteiger partial charge in [0.1, 0.15) is 0 Å². The van der Waals surface area contributed by atoms with E-state index in [0.717, 1.165) is 23.7 Å². The number of aromatic nitrogens is 4. The van der Waals surface area contributed by atoms with E-state index in [4.69, 9.17) is 4.42 Å². The maximum absolute atomic E-state index is 5.84. The molecule has 0 spiro atoms. The van der Waals surface area contributed by atoms with Crippen LogP contribution < -0.4 is 0 Å². The van der Waals surface area contributed by atoms with Gasteiger partial charge in [-0.2, -0.15) is 5.10 Å². The largest absolute Gasteiger partial charge is 0.418 e. The molecule has 0 aromatic carbocycles. The standard InChI is InChI=1S/C16H19N5OS/c1-10-7-11(2)21(19-10)13-8-20(9-13)12(3)15-17-18-16(22-15)14-5-4-6-23-14/h4-7,12-13H,8-9H2,1-3H3/t12-/m1/s1. The summed E-state index contributed by atoms with van der Waals surface area (Å²) in [5.74, 6) is 1.29. The SMILES string of the molecule is Cc1cc(C)n(C2CN([C@H](C)c3nnc(-c4cccs4)o3)C2)n1. The highest BCUT2D eigenvalue weighted by Crippen LogP contribution is 2.32. The number of hydrogen-bond donors (Lipinski definition) is 0. The topological polar surface area (TPSA) is 60.0 Å². The highest BCUT2D eigenvalue weighted by molar-refractivity contribution is 7.13. The highest BCUT2D eigenvalue weighted by atomic mass is 32.1. The van der Waals surface area contributed by atoms with Gasteiger partial charge in [-0.05, 0) is 38.3 Å². The Morgan fingerprint density at radius 3 is 2.78 bits per heavy atom. The zero-order valence-electron chi connectivity index (χ0n) is 13.4. The van der Waals surface area contributed by atoms with Crippen molar-refractivity contribution in [2.75, 3.05) is 13.1 Å². The van der Waals surface area contributed by atoms with Crippen molar-refractivity contribution in [3.05, 3.63) is 40.9 Å². The van der Waals surface area contributed by atoms with Gasteiger partial charge in [-0.1, -0.05) is 6.07 Å². The molecule has 1 fully saturated rings. The summed E-state index contributed by atoms with van der Waals surface area (Å²) in [5.41, 5.74) is 2.30. The first kappa shape index (κ1) is 14.6. The van der Waals surface area contributed by atoms with Gasteiger partial charge in [0.25, 0.3) is 5.89 Å². The lowest BCUT2D eigenvalue weighted by Crippen LogP contribution is -2.49. The molecule has 0 aliphatic carbocycles. The van der Waals surface area contributed by atoms with Crippen LogP contribution in [0.1, 0.15) is 36.3 Å². The Hall–Kier alpha value is -1.99. The normalized spacial score (nSPS) is 17.3. The van der Waals surface area contributed by atoms with Gasteiger partial charge < -0.3 is 4.42 Å². The minimum absolute atomic E-state index is 0.129. The lowest BCUT2D eigenvalue weighted by Gasteiger charge is -2.42. The summed E-state index contributed by atoms with van der Waals surface area (Å²) >= 11 is 1.61. The van der Waals surface area contributed by atoms with Gasteiger partial charge in [0.15, 0.2) is 0 Å². The van der Waals surface area contributed by atoms with E-state index in [1.165, 1.54) is 5.69 Å². The van der Waals surface area contributed by atoms with Crippen LogP contribution in [0.2, 0.25) is 0 Å². The van der Waals surface area contributed by atoms with Gasteiger partial charge >= 0.3 is 0 Å².